The van der Waals surface area contributed by atoms with Crippen molar-refractivity contribution in [2.45, 2.75) is 6.42 Å². The number of aromatic hydroxyl groups is 1. The van der Waals surface area contributed by atoms with Crippen molar-refractivity contribution in [1.29, 1.82) is 0 Å². The SMILES string of the molecule is O=Cc1cc(Cc2ccccc2)ccc1O. The van der Waals surface area contributed by atoms with Gasteiger partial charge in [0.25, 0.3) is 0 Å². The molecule has 2 nitrogen and oxygen atoms in total. The molecule has 0 saturated heterocycles. The van der Waals surface area contributed by atoms with E-state index in [1.807, 2.05) is 36.4 Å². The molecular weight excluding hydrogens is 200 g/mol. The lowest BCUT2D eigenvalue weighted by Crippen LogP contribution is -1.90. The minimum absolute atomic E-state index is 0.0341. The molecule has 0 aliphatic carbocycles. The quantitative estimate of drug-likeness (QED) is 0.794. The molecule has 0 amide bonds. The van der Waals surface area contributed by atoms with Gasteiger partial charge in [-0.15, -0.1) is 0 Å². The zero-order chi connectivity index (χ0) is 11.4. The van der Waals surface area contributed by atoms with Crippen LogP contribution in [0.2, 0.25) is 0 Å². The molecule has 80 valence electrons. The standard InChI is InChI=1S/C14H12O2/c15-10-13-9-12(6-7-14(13)16)8-11-4-2-1-3-5-11/h1-7,9-10,16H,8H2. The molecule has 2 aromatic carbocycles. The Hall–Kier alpha value is -2.09. The normalized spacial score (nSPS) is 10.0. The molecule has 0 radical (unpaired) electrons. The highest BCUT2D eigenvalue weighted by atomic mass is 16.3. The van der Waals surface area contributed by atoms with E-state index >= 15 is 0 Å². The van der Waals surface area contributed by atoms with E-state index in [1.54, 1.807) is 12.1 Å². The van der Waals surface area contributed by atoms with Gasteiger partial charge in [-0.05, 0) is 29.7 Å². The Morgan fingerprint density at radius 1 is 1.00 bits per heavy atom. The van der Waals surface area contributed by atoms with Gasteiger partial charge in [0.2, 0.25) is 0 Å². The van der Waals surface area contributed by atoms with Crippen LogP contribution in [0.3, 0.4) is 0 Å². The van der Waals surface area contributed by atoms with E-state index in [0.29, 0.717) is 11.8 Å². The number of carbonyl (C=O) groups excluding carboxylic acids is 1. The number of hydrogen-bond acceptors (Lipinski definition) is 2. The summed E-state index contributed by atoms with van der Waals surface area (Å²) in [6.07, 6.45) is 1.44. The first kappa shape index (κ1) is 10.4. The maximum absolute atomic E-state index is 10.7. The molecule has 2 aromatic rings. The lowest BCUT2D eigenvalue weighted by Gasteiger charge is -2.03. The van der Waals surface area contributed by atoms with E-state index in [2.05, 4.69) is 0 Å². The summed E-state index contributed by atoms with van der Waals surface area (Å²) in [5.74, 6) is 0.0341. The van der Waals surface area contributed by atoms with Crippen molar-refractivity contribution in [1.82, 2.24) is 0 Å². The number of phenolic OH excluding ortho intramolecular Hbond substituents is 1. The van der Waals surface area contributed by atoms with Gasteiger partial charge in [0.1, 0.15) is 5.75 Å². The van der Waals surface area contributed by atoms with Crippen molar-refractivity contribution in [3.63, 3.8) is 0 Å². The Morgan fingerprint density at radius 3 is 2.44 bits per heavy atom. The summed E-state index contributed by atoms with van der Waals surface area (Å²) < 4.78 is 0. The van der Waals surface area contributed by atoms with Crippen LogP contribution in [0.1, 0.15) is 21.5 Å². The van der Waals surface area contributed by atoms with Gasteiger partial charge in [-0.1, -0.05) is 36.4 Å². The summed E-state index contributed by atoms with van der Waals surface area (Å²) in [4.78, 5) is 10.7. The maximum Gasteiger partial charge on any atom is 0.153 e. The van der Waals surface area contributed by atoms with E-state index in [0.717, 1.165) is 12.0 Å². The topological polar surface area (TPSA) is 37.3 Å². The zero-order valence-electron chi connectivity index (χ0n) is 8.76. The van der Waals surface area contributed by atoms with Gasteiger partial charge < -0.3 is 5.11 Å². The molecule has 1 N–H and O–H groups in total. The minimum atomic E-state index is 0.0341. The van der Waals surface area contributed by atoms with Crippen LogP contribution in [-0.2, 0) is 6.42 Å². The molecule has 16 heavy (non-hydrogen) atoms. The smallest absolute Gasteiger partial charge is 0.153 e. The molecule has 0 bridgehead atoms. The van der Waals surface area contributed by atoms with E-state index in [-0.39, 0.29) is 5.75 Å². The third kappa shape index (κ3) is 2.28. The average molecular weight is 212 g/mol. The fourth-order valence-electron chi connectivity index (χ4n) is 1.64. The van der Waals surface area contributed by atoms with Gasteiger partial charge >= 0.3 is 0 Å². The van der Waals surface area contributed by atoms with Crippen LogP contribution in [0.15, 0.2) is 48.5 Å². The van der Waals surface area contributed by atoms with Crippen molar-refractivity contribution in [2.24, 2.45) is 0 Å². The Balaban J connectivity index is 2.26. The van der Waals surface area contributed by atoms with Gasteiger partial charge in [-0.2, -0.15) is 0 Å². The Morgan fingerprint density at radius 2 is 1.75 bits per heavy atom. The molecule has 2 rings (SSSR count). The number of hydrogen-bond donors (Lipinski definition) is 1. The molecular formula is C14H12O2. The molecule has 0 fully saturated rings. The summed E-state index contributed by atoms with van der Waals surface area (Å²) >= 11 is 0. The monoisotopic (exact) mass is 212 g/mol. The van der Waals surface area contributed by atoms with Crippen molar-refractivity contribution in [3.05, 3.63) is 65.2 Å². The predicted octanol–water partition coefficient (Wildman–Crippen LogP) is 2.80. The number of aldehydes is 1. The number of rotatable bonds is 3. The average Bonchev–Trinajstić information content (AvgIpc) is 2.33. The maximum atomic E-state index is 10.7. The van der Waals surface area contributed by atoms with Crippen molar-refractivity contribution in [3.8, 4) is 5.75 Å². The third-order valence-corrected chi connectivity index (χ3v) is 2.47. The minimum Gasteiger partial charge on any atom is -0.507 e. The predicted molar refractivity (Wildman–Crippen MR) is 62.7 cm³/mol. The van der Waals surface area contributed by atoms with Gasteiger partial charge in [-0.3, -0.25) is 4.79 Å². The summed E-state index contributed by atoms with van der Waals surface area (Å²) in [5, 5.41) is 9.37. The first-order valence-electron chi connectivity index (χ1n) is 5.10. The second-order valence-electron chi connectivity index (χ2n) is 3.67. The highest BCUT2D eigenvalue weighted by Gasteiger charge is 2.02. The van der Waals surface area contributed by atoms with Crippen LogP contribution in [0.5, 0.6) is 5.75 Å². The Kier molecular flexibility index (Phi) is 3.01. The molecule has 0 aromatic heterocycles. The van der Waals surface area contributed by atoms with Crippen LogP contribution in [0.25, 0.3) is 0 Å². The summed E-state index contributed by atoms with van der Waals surface area (Å²) in [5.41, 5.74) is 2.55. The first-order valence-corrected chi connectivity index (χ1v) is 5.10. The van der Waals surface area contributed by atoms with Crippen LogP contribution < -0.4 is 0 Å². The zero-order valence-corrected chi connectivity index (χ0v) is 8.76. The number of carbonyl (C=O) groups is 1. The summed E-state index contributed by atoms with van der Waals surface area (Å²) in [6.45, 7) is 0. The van der Waals surface area contributed by atoms with Crippen LogP contribution in [0.4, 0.5) is 0 Å². The van der Waals surface area contributed by atoms with Crippen LogP contribution in [-0.4, -0.2) is 11.4 Å². The molecule has 0 aliphatic rings. The van der Waals surface area contributed by atoms with Crippen molar-refractivity contribution < 1.29 is 9.90 Å². The van der Waals surface area contributed by atoms with Crippen molar-refractivity contribution in [2.75, 3.05) is 0 Å². The molecule has 0 unspecified atom stereocenters. The molecule has 0 aliphatic heterocycles. The van der Waals surface area contributed by atoms with Gasteiger partial charge in [0, 0.05) is 0 Å². The lowest BCUT2D eigenvalue weighted by molar-refractivity contribution is 0.112. The van der Waals surface area contributed by atoms with E-state index < -0.39 is 0 Å². The first-order chi connectivity index (χ1) is 7.79. The number of phenols is 1. The molecule has 2 heteroatoms. The molecule has 0 heterocycles. The van der Waals surface area contributed by atoms with Gasteiger partial charge in [-0.25, -0.2) is 0 Å². The third-order valence-electron chi connectivity index (χ3n) is 2.47. The Labute approximate surface area is 94.2 Å². The van der Waals surface area contributed by atoms with E-state index in [4.69, 9.17) is 0 Å². The molecule has 0 atom stereocenters. The van der Waals surface area contributed by atoms with Gasteiger partial charge in [0.05, 0.1) is 5.56 Å². The summed E-state index contributed by atoms with van der Waals surface area (Å²) in [6, 6.07) is 15.1. The second-order valence-corrected chi connectivity index (χ2v) is 3.67. The lowest BCUT2D eigenvalue weighted by atomic mass is 10.0. The largest absolute Gasteiger partial charge is 0.507 e. The van der Waals surface area contributed by atoms with Crippen LogP contribution in [0, 0.1) is 0 Å². The van der Waals surface area contributed by atoms with Gasteiger partial charge in [0.15, 0.2) is 6.29 Å². The molecule has 0 saturated carbocycles. The second kappa shape index (κ2) is 4.62. The fraction of sp³-hybridized carbons (Fsp3) is 0.0714. The highest BCUT2D eigenvalue weighted by molar-refractivity contribution is 5.79. The Bertz CT molecular complexity index is 489. The van der Waals surface area contributed by atoms with Crippen molar-refractivity contribution >= 4 is 6.29 Å². The molecule has 0 spiro atoms. The highest BCUT2D eigenvalue weighted by Crippen LogP contribution is 2.18. The van der Waals surface area contributed by atoms with E-state index in [1.165, 1.54) is 5.56 Å². The fourth-order valence-corrected chi connectivity index (χ4v) is 1.64. The summed E-state index contributed by atoms with van der Waals surface area (Å²) in [7, 11) is 0. The van der Waals surface area contributed by atoms with E-state index in [9.17, 15) is 9.90 Å². The van der Waals surface area contributed by atoms with Crippen LogP contribution >= 0.6 is 0 Å². The number of benzene rings is 2.